The molecule has 6 rings (SSSR count). The van der Waals surface area contributed by atoms with Crippen LogP contribution in [-0.2, 0) is 16.9 Å². The molecule has 2 aliphatic rings. The monoisotopic (exact) mass is 504 g/mol. The third-order valence-corrected chi connectivity index (χ3v) is 7.40. The number of nitrogens with zero attached hydrogens (tertiary/aromatic N) is 2. The van der Waals surface area contributed by atoms with Gasteiger partial charge in [-0.05, 0) is 42.8 Å². The van der Waals surface area contributed by atoms with Crippen LogP contribution in [0, 0.1) is 0 Å². The Labute approximate surface area is 210 Å². The predicted molar refractivity (Wildman–Crippen MR) is 134 cm³/mol. The number of amides is 2. The average molecular weight is 505 g/mol. The minimum Gasteiger partial charge on any atom is -0.450 e. The Morgan fingerprint density at radius 1 is 0.943 bits per heavy atom. The first kappa shape index (κ1) is 21.9. The van der Waals surface area contributed by atoms with E-state index in [1.165, 1.54) is 11.0 Å². The summed E-state index contributed by atoms with van der Waals surface area (Å²) in [4.78, 5) is 45.2. The molecule has 2 amide bonds. The Balaban J connectivity index is 1.73. The van der Waals surface area contributed by atoms with E-state index in [2.05, 4.69) is 0 Å². The fourth-order valence-corrected chi connectivity index (χ4v) is 5.66. The standard InChI is InChI=1S/C27H18Cl2N2O4/c1-2-30-20-10-6-4-8-18(20)27(26(30)34)22-23(32)17-13-16(28)11-12-21(17)35-24(22)25(33)31(27)14-15-7-3-5-9-19(15)29/h3-13H,2,14H2,1H3. The van der Waals surface area contributed by atoms with E-state index < -0.39 is 16.9 Å². The number of hydrogen-bond acceptors (Lipinski definition) is 4. The summed E-state index contributed by atoms with van der Waals surface area (Å²) in [5.74, 6) is -1.07. The molecule has 0 aliphatic carbocycles. The van der Waals surface area contributed by atoms with Crippen molar-refractivity contribution in [2.24, 2.45) is 0 Å². The fraction of sp³-hybridized carbons (Fsp3) is 0.148. The van der Waals surface area contributed by atoms with Gasteiger partial charge in [0.15, 0.2) is 11.0 Å². The van der Waals surface area contributed by atoms with Gasteiger partial charge >= 0.3 is 0 Å². The van der Waals surface area contributed by atoms with Crippen molar-refractivity contribution < 1.29 is 14.0 Å². The van der Waals surface area contributed by atoms with Crippen molar-refractivity contribution in [1.82, 2.24) is 4.90 Å². The van der Waals surface area contributed by atoms with Crippen LogP contribution in [0.2, 0.25) is 10.0 Å². The van der Waals surface area contributed by atoms with Crippen LogP contribution in [0.5, 0.6) is 0 Å². The molecule has 1 spiro atoms. The van der Waals surface area contributed by atoms with Gasteiger partial charge in [0, 0.05) is 28.7 Å². The van der Waals surface area contributed by atoms with Crippen LogP contribution >= 0.6 is 23.2 Å². The number of carbonyl (C=O) groups excluding carboxylic acids is 2. The molecular weight excluding hydrogens is 487 g/mol. The summed E-state index contributed by atoms with van der Waals surface area (Å²) in [6.07, 6.45) is 0. The van der Waals surface area contributed by atoms with E-state index in [0.717, 1.165) is 0 Å². The minimum atomic E-state index is -1.69. The molecule has 35 heavy (non-hydrogen) atoms. The smallest absolute Gasteiger partial charge is 0.291 e. The summed E-state index contributed by atoms with van der Waals surface area (Å²) in [7, 11) is 0. The Morgan fingerprint density at radius 2 is 1.69 bits per heavy atom. The lowest BCUT2D eigenvalue weighted by molar-refractivity contribution is -0.126. The van der Waals surface area contributed by atoms with Crippen LogP contribution in [0.3, 0.4) is 0 Å². The highest BCUT2D eigenvalue weighted by atomic mass is 35.5. The molecule has 0 fully saturated rings. The maximum atomic E-state index is 14.3. The van der Waals surface area contributed by atoms with Crippen molar-refractivity contribution in [3.63, 3.8) is 0 Å². The second-order valence-electron chi connectivity index (χ2n) is 8.54. The zero-order chi connectivity index (χ0) is 24.5. The zero-order valence-electron chi connectivity index (χ0n) is 18.5. The number of hydrogen-bond donors (Lipinski definition) is 0. The van der Waals surface area contributed by atoms with Crippen LogP contribution in [0.25, 0.3) is 11.0 Å². The van der Waals surface area contributed by atoms with Gasteiger partial charge in [-0.15, -0.1) is 0 Å². The Kier molecular flexibility index (Phi) is 4.82. The first-order valence-electron chi connectivity index (χ1n) is 11.1. The van der Waals surface area contributed by atoms with Crippen LogP contribution in [-0.4, -0.2) is 23.3 Å². The highest BCUT2D eigenvalue weighted by molar-refractivity contribution is 6.31. The first-order valence-corrected chi connectivity index (χ1v) is 11.9. The first-order chi connectivity index (χ1) is 16.9. The molecule has 0 N–H and O–H groups in total. The topological polar surface area (TPSA) is 70.8 Å². The Bertz CT molecular complexity index is 1630. The van der Waals surface area contributed by atoms with Crippen LogP contribution < -0.4 is 10.3 Å². The second-order valence-corrected chi connectivity index (χ2v) is 9.38. The van der Waals surface area contributed by atoms with Crippen molar-refractivity contribution in [3.05, 3.63) is 109 Å². The number of rotatable bonds is 3. The summed E-state index contributed by atoms with van der Waals surface area (Å²) in [6, 6.07) is 19.0. The molecule has 1 aromatic heterocycles. The average Bonchev–Trinajstić information content (AvgIpc) is 3.25. The van der Waals surface area contributed by atoms with Crippen molar-refractivity contribution in [2.75, 3.05) is 11.4 Å². The Hall–Kier alpha value is -3.61. The zero-order valence-corrected chi connectivity index (χ0v) is 20.1. The van der Waals surface area contributed by atoms with Gasteiger partial charge in [-0.2, -0.15) is 0 Å². The third kappa shape index (κ3) is 2.81. The lowest BCUT2D eigenvalue weighted by Gasteiger charge is -2.34. The van der Waals surface area contributed by atoms with Gasteiger partial charge in [0.1, 0.15) is 5.58 Å². The lowest BCUT2D eigenvalue weighted by Crippen LogP contribution is -2.53. The van der Waals surface area contributed by atoms with Crippen LogP contribution in [0.15, 0.2) is 75.9 Å². The summed E-state index contributed by atoms with van der Waals surface area (Å²) in [5.41, 5.74) is -0.0510. The summed E-state index contributed by atoms with van der Waals surface area (Å²) in [5, 5.41) is 1.02. The quantitative estimate of drug-likeness (QED) is 0.376. The van der Waals surface area contributed by atoms with E-state index in [0.29, 0.717) is 33.4 Å². The molecule has 0 bridgehead atoms. The van der Waals surface area contributed by atoms with Gasteiger partial charge in [-0.3, -0.25) is 14.4 Å². The minimum absolute atomic E-state index is 0.0108. The van der Waals surface area contributed by atoms with Gasteiger partial charge in [-0.25, -0.2) is 0 Å². The molecule has 0 saturated heterocycles. The van der Waals surface area contributed by atoms with E-state index in [1.807, 2.05) is 25.1 Å². The molecule has 3 aromatic carbocycles. The van der Waals surface area contributed by atoms with Gasteiger partial charge in [-0.1, -0.05) is 59.6 Å². The van der Waals surface area contributed by atoms with Crippen molar-refractivity contribution in [1.29, 1.82) is 0 Å². The van der Waals surface area contributed by atoms with E-state index in [-0.39, 0.29) is 34.7 Å². The Morgan fingerprint density at radius 3 is 2.46 bits per heavy atom. The highest BCUT2D eigenvalue weighted by Gasteiger charge is 2.64. The molecule has 0 radical (unpaired) electrons. The third-order valence-electron chi connectivity index (χ3n) is 6.80. The molecular formula is C27H18Cl2N2O4. The molecule has 1 unspecified atom stereocenters. The van der Waals surface area contributed by atoms with E-state index in [4.69, 9.17) is 27.6 Å². The van der Waals surface area contributed by atoms with Gasteiger partial charge in [0.25, 0.3) is 11.8 Å². The summed E-state index contributed by atoms with van der Waals surface area (Å²) < 4.78 is 6.02. The number of carbonyl (C=O) groups is 2. The fourth-order valence-electron chi connectivity index (χ4n) is 5.30. The van der Waals surface area contributed by atoms with E-state index in [9.17, 15) is 14.4 Å². The van der Waals surface area contributed by atoms with Crippen molar-refractivity contribution in [2.45, 2.75) is 19.0 Å². The molecule has 0 saturated carbocycles. The SMILES string of the molecule is CCN1C(=O)C2(c3ccccc31)c1c(oc3ccc(Cl)cc3c1=O)C(=O)N2Cc1ccccc1Cl. The van der Waals surface area contributed by atoms with Crippen LogP contribution in [0.4, 0.5) is 5.69 Å². The normalized spacial score (nSPS) is 18.6. The van der Waals surface area contributed by atoms with Crippen molar-refractivity contribution in [3.8, 4) is 0 Å². The number of likely N-dealkylation sites (N-methyl/N-ethyl adjacent to an activating group) is 1. The molecule has 1 atom stereocenters. The number of para-hydroxylation sites is 1. The lowest BCUT2D eigenvalue weighted by atomic mass is 9.83. The molecule has 6 nitrogen and oxygen atoms in total. The number of benzene rings is 3. The number of fused-ring (bicyclic) bond motifs is 5. The van der Waals surface area contributed by atoms with Crippen LogP contribution in [0.1, 0.15) is 34.2 Å². The van der Waals surface area contributed by atoms with Gasteiger partial charge in [0.2, 0.25) is 5.76 Å². The maximum absolute atomic E-state index is 14.3. The van der Waals surface area contributed by atoms with Gasteiger partial charge in [0.05, 0.1) is 16.6 Å². The van der Waals surface area contributed by atoms with E-state index >= 15 is 0 Å². The largest absolute Gasteiger partial charge is 0.450 e. The van der Waals surface area contributed by atoms with Gasteiger partial charge < -0.3 is 14.2 Å². The summed E-state index contributed by atoms with van der Waals surface area (Å²) >= 11 is 12.6. The molecule has 174 valence electrons. The number of halogens is 2. The molecule has 3 heterocycles. The summed E-state index contributed by atoms with van der Waals surface area (Å²) in [6.45, 7) is 2.23. The number of anilines is 1. The van der Waals surface area contributed by atoms with E-state index in [1.54, 1.807) is 47.4 Å². The van der Waals surface area contributed by atoms with Crippen molar-refractivity contribution >= 4 is 51.7 Å². The molecule has 2 aliphatic heterocycles. The highest BCUT2D eigenvalue weighted by Crippen LogP contribution is 2.53. The predicted octanol–water partition coefficient (Wildman–Crippen LogP) is 5.37. The molecule has 8 heteroatoms. The second kappa shape index (κ2) is 7.70. The maximum Gasteiger partial charge on any atom is 0.291 e. The molecule has 4 aromatic rings.